The van der Waals surface area contributed by atoms with Crippen LogP contribution in [0.15, 0.2) is 43.1 Å². The van der Waals surface area contributed by atoms with Crippen molar-refractivity contribution in [3.63, 3.8) is 0 Å². The van der Waals surface area contributed by atoms with E-state index in [-0.39, 0.29) is 5.92 Å². The maximum atomic E-state index is 13.1. The van der Waals surface area contributed by atoms with Crippen LogP contribution in [-0.4, -0.2) is 52.9 Å². The molecular weight excluding hydrogens is 322 g/mol. The number of benzene rings is 1. The van der Waals surface area contributed by atoms with Gasteiger partial charge in [0.1, 0.15) is 0 Å². The Hall–Kier alpha value is -2.33. The molecule has 5 rings (SSSR count). The lowest BCUT2D eigenvalue weighted by Gasteiger charge is -2.41. The Morgan fingerprint density at radius 2 is 2.15 bits per heavy atom. The van der Waals surface area contributed by atoms with Gasteiger partial charge in [-0.2, -0.15) is 0 Å². The van der Waals surface area contributed by atoms with Crippen molar-refractivity contribution in [2.75, 3.05) is 26.2 Å². The van der Waals surface area contributed by atoms with Crippen molar-refractivity contribution >= 4 is 22.4 Å². The van der Waals surface area contributed by atoms with Gasteiger partial charge in [-0.25, -0.2) is 0 Å². The highest BCUT2D eigenvalue weighted by Gasteiger charge is 2.38. The van der Waals surface area contributed by atoms with Crippen molar-refractivity contribution in [2.24, 2.45) is 5.92 Å². The summed E-state index contributed by atoms with van der Waals surface area (Å²) in [7, 11) is 0. The highest BCUT2D eigenvalue weighted by molar-refractivity contribution is 5.99. The van der Waals surface area contributed by atoms with Crippen molar-refractivity contribution in [1.82, 2.24) is 14.8 Å². The number of carbonyl (C=O) groups excluding carboxylic acids is 1. The fraction of sp³-hybridized carbons (Fsp3) is 0.409. The number of H-pyrrole nitrogens is 1. The average Bonchev–Trinajstić information content (AvgIpc) is 3.33. The summed E-state index contributed by atoms with van der Waals surface area (Å²) in [6, 6.07) is 6.81. The van der Waals surface area contributed by atoms with E-state index in [0.29, 0.717) is 11.9 Å². The monoisotopic (exact) mass is 347 g/mol. The van der Waals surface area contributed by atoms with Crippen molar-refractivity contribution in [3.8, 4) is 0 Å². The lowest BCUT2D eigenvalue weighted by atomic mass is 9.79. The second-order valence-electron chi connectivity index (χ2n) is 7.77. The summed E-state index contributed by atoms with van der Waals surface area (Å²) in [5.41, 5.74) is 5.20. The molecule has 1 N–H and O–H groups in total. The minimum absolute atomic E-state index is 0.0463. The molecule has 1 amide bonds. The molecule has 3 heterocycles. The topological polar surface area (TPSA) is 39.3 Å². The molecule has 1 aromatic carbocycles. The number of hydrogen-bond donors (Lipinski definition) is 1. The van der Waals surface area contributed by atoms with E-state index >= 15 is 0 Å². The van der Waals surface area contributed by atoms with E-state index in [1.54, 1.807) is 0 Å². The van der Waals surface area contributed by atoms with Gasteiger partial charge in [0.15, 0.2) is 0 Å². The predicted molar refractivity (Wildman–Crippen MR) is 105 cm³/mol. The van der Waals surface area contributed by atoms with E-state index in [9.17, 15) is 4.79 Å². The molecule has 3 aliphatic rings. The molecule has 0 bridgehead atoms. The van der Waals surface area contributed by atoms with Gasteiger partial charge in [0, 0.05) is 49.3 Å². The molecule has 0 saturated carbocycles. The normalized spacial score (nSPS) is 25.2. The maximum Gasteiger partial charge on any atom is 0.230 e. The van der Waals surface area contributed by atoms with Gasteiger partial charge in [0.05, 0.1) is 5.92 Å². The van der Waals surface area contributed by atoms with Gasteiger partial charge < -0.3 is 9.88 Å². The number of carbonyl (C=O) groups is 1. The summed E-state index contributed by atoms with van der Waals surface area (Å²) in [6.07, 6.45) is 9.67. The van der Waals surface area contributed by atoms with Crippen LogP contribution in [0.25, 0.3) is 16.5 Å². The summed E-state index contributed by atoms with van der Waals surface area (Å²) in [6.45, 7) is 7.40. The van der Waals surface area contributed by atoms with E-state index in [2.05, 4.69) is 51.8 Å². The first kappa shape index (κ1) is 15.9. The molecule has 4 nitrogen and oxygen atoms in total. The minimum Gasteiger partial charge on any atom is -0.361 e. The summed E-state index contributed by atoms with van der Waals surface area (Å²) in [5, 5.41) is 1.34. The number of aromatic amines is 1. The fourth-order valence-corrected chi connectivity index (χ4v) is 5.02. The lowest BCUT2D eigenvalue weighted by Crippen LogP contribution is -2.49. The highest BCUT2D eigenvalue weighted by Crippen LogP contribution is 2.41. The summed E-state index contributed by atoms with van der Waals surface area (Å²) >= 11 is 0. The maximum absolute atomic E-state index is 13.1. The smallest absolute Gasteiger partial charge is 0.230 e. The predicted octanol–water partition coefficient (Wildman–Crippen LogP) is 3.22. The van der Waals surface area contributed by atoms with Crippen LogP contribution in [0.2, 0.25) is 0 Å². The largest absolute Gasteiger partial charge is 0.361 e. The van der Waals surface area contributed by atoms with Crippen molar-refractivity contribution in [2.45, 2.75) is 25.3 Å². The zero-order chi connectivity index (χ0) is 17.7. The molecule has 0 spiro atoms. The number of amides is 1. The second-order valence-corrected chi connectivity index (χ2v) is 7.77. The summed E-state index contributed by atoms with van der Waals surface area (Å²) in [4.78, 5) is 21.0. The number of hydrogen-bond acceptors (Lipinski definition) is 2. The van der Waals surface area contributed by atoms with E-state index in [4.69, 9.17) is 0 Å². The van der Waals surface area contributed by atoms with Gasteiger partial charge in [-0.1, -0.05) is 24.3 Å². The Labute approximate surface area is 154 Å². The van der Waals surface area contributed by atoms with Crippen molar-refractivity contribution < 1.29 is 4.79 Å². The number of aromatic nitrogens is 1. The molecule has 1 fully saturated rings. The molecule has 2 atom stereocenters. The Kier molecular flexibility index (Phi) is 3.75. The molecule has 134 valence electrons. The lowest BCUT2D eigenvalue weighted by molar-refractivity contribution is -0.133. The molecule has 0 radical (unpaired) electrons. The van der Waals surface area contributed by atoms with E-state index in [1.165, 1.54) is 27.6 Å². The Morgan fingerprint density at radius 1 is 1.31 bits per heavy atom. The first-order chi connectivity index (χ1) is 12.8. The van der Waals surface area contributed by atoms with Crippen LogP contribution in [0.5, 0.6) is 0 Å². The number of nitrogens with zero attached hydrogens (tertiary/aromatic N) is 2. The van der Waals surface area contributed by atoms with Gasteiger partial charge in [0.2, 0.25) is 5.91 Å². The molecule has 0 unspecified atom stereocenters. The molecule has 1 aromatic heterocycles. The van der Waals surface area contributed by atoms with Crippen molar-refractivity contribution in [3.05, 3.63) is 54.3 Å². The number of likely N-dealkylation sites (tertiary alicyclic amines) is 1. The first-order valence-corrected chi connectivity index (χ1v) is 9.71. The molecule has 4 heteroatoms. The molecule has 1 aliphatic carbocycles. The van der Waals surface area contributed by atoms with Crippen LogP contribution in [0, 0.1) is 5.92 Å². The zero-order valence-electron chi connectivity index (χ0n) is 15.1. The molecule has 26 heavy (non-hydrogen) atoms. The van der Waals surface area contributed by atoms with E-state index in [1.807, 2.05) is 6.08 Å². The average molecular weight is 347 g/mol. The third kappa shape index (κ3) is 2.36. The summed E-state index contributed by atoms with van der Waals surface area (Å²) in [5.74, 6) is 0.254. The van der Waals surface area contributed by atoms with Gasteiger partial charge in [-0.3, -0.25) is 9.69 Å². The van der Waals surface area contributed by atoms with Crippen LogP contribution in [0.3, 0.4) is 0 Å². The third-order valence-electron chi connectivity index (χ3n) is 6.22. The van der Waals surface area contributed by atoms with Crippen LogP contribution in [-0.2, 0) is 11.2 Å². The number of nitrogens with one attached hydrogen (secondary N) is 1. The summed E-state index contributed by atoms with van der Waals surface area (Å²) < 4.78 is 0. The van der Waals surface area contributed by atoms with Gasteiger partial charge in [0.25, 0.3) is 0 Å². The Bertz CT molecular complexity index is 903. The number of rotatable bonds is 3. The molecule has 2 aromatic rings. The fourth-order valence-electron chi connectivity index (χ4n) is 5.02. The molecular formula is C22H25N3O. The Balaban J connectivity index is 1.60. The zero-order valence-corrected chi connectivity index (χ0v) is 15.1. The molecule has 1 saturated heterocycles. The Morgan fingerprint density at radius 3 is 2.96 bits per heavy atom. The SMILES string of the molecule is C=CCN1C[C@H](C(=O)N2CCCC2)C=C2c3cccc4[nH]cc(c34)C[C@H]21. The van der Waals surface area contributed by atoms with Gasteiger partial charge >= 0.3 is 0 Å². The van der Waals surface area contributed by atoms with Gasteiger partial charge in [-0.15, -0.1) is 6.58 Å². The van der Waals surface area contributed by atoms with Crippen LogP contribution in [0.4, 0.5) is 0 Å². The van der Waals surface area contributed by atoms with Crippen molar-refractivity contribution in [1.29, 1.82) is 0 Å². The number of fused-ring (bicyclic) bond motifs is 2. The van der Waals surface area contributed by atoms with Crippen LogP contribution in [0.1, 0.15) is 24.0 Å². The molecule has 2 aliphatic heterocycles. The second kappa shape index (κ2) is 6.13. The van der Waals surface area contributed by atoms with E-state index < -0.39 is 0 Å². The first-order valence-electron chi connectivity index (χ1n) is 9.71. The van der Waals surface area contributed by atoms with Gasteiger partial charge in [-0.05, 0) is 42.0 Å². The third-order valence-corrected chi connectivity index (χ3v) is 6.22. The van der Waals surface area contributed by atoms with Crippen LogP contribution < -0.4 is 0 Å². The quantitative estimate of drug-likeness (QED) is 0.866. The van der Waals surface area contributed by atoms with Crippen LogP contribution >= 0.6 is 0 Å². The highest BCUT2D eigenvalue weighted by atomic mass is 16.2. The minimum atomic E-state index is -0.0463. The van der Waals surface area contributed by atoms with E-state index in [0.717, 1.165) is 45.4 Å². The standard InChI is InChI=1S/C22H25N3O/c1-2-8-25-14-16(22(26)24-9-3-4-10-24)11-18-17-6-5-7-19-21(17)15(13-23-19)12-20(18)25/h2,5-7,11,13,16,20,23H,1,3-4,8-10,12,14H2/t16-,20-/m1/s1.